The van der Waals surface area contributed by atoms with Gasteiger partial charge >= 0.3 is 0 Å². The third-order valence-electron chi connectivity index (χ3n) is 4.21. The van der Waals surface area contributed by atoms with Crippen LogP contribution in [-0.2, 0) is 14.3 Å². The molecule has 2 aromatic carbocycles. The van der Waals surface area contributed by atoms with E-state index < -0.39 is 23.8 Å². The Labute approximate surface area is 179 Å². The molecule has 0 saturated carbocycles. The summed E-state index contributed by atoms with van der Waals surface area (Å²) in [6, 6.07) is 12.2. The number of carbonyl (C=O) groups excluding carboxylic acids is 3. The van der Waals surface area contributed by atoms with E-state index in [-0.39, 0.29) is 31.9 Å². The zero-order valence-electron chi connectivity index (χ0n) is 17.0. The van der Waals surface area contributed by atoms with Crippen LogP contribution in [0.3, 0.4) is 0 Å². The third kappa shape index (κ3) is 7.07. The van der Waals surface area contributed by atoms with Crippen molar-refractivity contribution in [2.24, 2.45) is 0 Å². The van der Waals surface area contributed by atoms with Crippen LogP contribution < -0.4 is 20.9 Å². The average molecular weight is 431 g/mol. The second-order valence-electron chi connectivity index (χ2n) is 6.34. The van der Waals surface area contributed by atoms with Gasteiger partial charge in [0.15, 0.2) is 6.04 Å². The molecule has 0 radical (unpaired) electrons. The highest BCUT2D eigenvalue weighted by atomic mass is 16.5. The molecule has 1 atom stereocenters. The normalized spacial score (nSPS) is 11.3. The van der Waals surface area contributed by atoms with Crippen molar-refractivity contribution in [3.8, 4) is 16.9 Å². The molecule has 2 rings (SSSR count). The smallest absolute Gasteiger partial charge is 0.275 e. The van der Waals surface area contributed by atoms with Crippen LogP contribution in [0.4, 0.5) is 0 Å². The predicted octanol–water partition coefficient (Wildman–Crippen LogP) is 0.0911. The summed E-state index contributed by atoms with van der Waals surface area (Å²) in [4.78, 5) is 36.4. The van der Waals surface area contributed by atoms with Gasteiger partial charge in [-0.15, -0.1) is 0 Å². The first-order chi connectivity index (χ1) is 15.0. The first-order valence-corrected chi connectivity index (χ1v) is 9.45. The number of hydrogen-bond acceptors (Lipinski definition) is 7. The lowest BCUT2D eigenvalue weighted by Crippen LogP contribution is -2.55. The quantitative estimate of drug-likeness (QED) is 0.147. The molecule has 0 aliphatic carbocycles. The van der Waals surface area contributed by atoms with Crippen molar-refractivity contribution < 1.29 is 34.2 Å². The summed E-state index contributed by atoms with van der Waals surface area (Å²) in [6.07, 6.45) is 0. The number of aliphatic hydroxyl groups excluding tert-OH is 1. The highest BCUT2D eigenvalue weighted by Gasteiger charge is 2.28. The largest absolute Gasteiger partial charge is 0.491 e. The molecule has 1 unspecified atom stereocenters. The third-order valence-corrected chi connectivity index (χ3v) is 4.21. The first kappa shape index (κ1) is 23.8. The minimum Gasteiger partial charge on any atom is -0.491 e. The fourth-order valence-corrected chi connectivity index (χ4v) is 2.63. The number of rotatable bonds is 11. The van der Waals surface area contributed by atoms with Gasteiger partial charge in [-0.25, -0.2) is 5.48 Å². The second kappa shape index (κ2) is 12.3. The standard InChI is InChI=1S/C21H25N3O7/c1-30-12-10-22-20(27)18(21(28)24-29)23-19(26)16-4-2-14(3-5-16)15-6-8-17(9-7-15)31-13-11-25/h2-9,18,25,29H,10-13H2,1H3,(H,22,27)(H,23,26)(H,24,28). The monoisotopic (exact) mass is 431 g/mol. The van der Waals surface area contributed by atoms with Gasteiger partial charge in [0.05, 0.1) is 13.2 Å². The number of methoxy groups -OCH3 is 1. The van der Waals surface area contributed by atoms with E-state index in [1.807, 2.05) is 12.1 Å². The van der Waals surface area contributed by atoms with Gasteiger partial charge in [0.25, 0.3) is 17.7 Å². The van der Waals surface area contributed by atoms with Crippen LogP contribution in [0, 0.1) is 0 Å². The van der Waals surface area contributed by atoms with E-state index in [2.05, 4.69) is 10.6 Å². The van der Waals surface area contributed by atoms with Gasteiger partial charge in [-0.3, -0.25) is 19.6 Å². The molecular formula is C21H25N3O7. The second-order valence-corrected chi connectivity index (χ2v) is 6.34. The molecule has 0 aromatic heterocycles. The number of benzene rings is 2. The number of carbonyl (C=O) groups is 3. The summed E-state index contributed by atoms with van der Waals surface area (Å²) in [5, 5.41) is 22.4. The number of ether oxygens (including phenoxy) is 2. The highest BCUT2D eigenvalue weighted by molar-refractivity contribution is 6.08. The summed E-state index contributed by atoms with van der Waals surface area (Å²) >= 11 is 0. The first-order valence-electron chi connectivity index (χ1n) is 9.45. The van der Waals surface area contributed by atoms with Gasteiger partial charge in [0.2, 0.25) is 0 Å². The Morgan fingerprint density at radius 2 is 1.55 bits per heavy atom. The lowest BCUT2D eigenvalue weighted by atomic mass is 10.0. The predicted molar refractivity (Wildman–Crippen MR) is 111 cm³/mol. The molecule has 0 spiro atoms. The van der Waals surface area contributed by atoms with E-state index in [0.717, 1.165) is 11.1 Å². The van der Waals surface area contributed by atoms with Gasteiger partial charge in [0.1, 0.15) is 12.4 Å². The molecule has 31 heavy (non-hydrogen) atoms. The fraction of sp³-hybridized carbons (Fsp3) is 0.286. The van der Waals surface area contributed by atoms with E-state index in [9.17, 15) is 14.4 Å². The van der Waals surface area contributed by atoms with Crippen LogP contribution in [0.25, 0.3) is 11.1 Å². The maximum Gasteiger partial charge on any atom is 0.275 e. The lowest BCUT2D eigenvalue weighted by molar-refractivity contribution is -0.137. The van der Waals surface area contributed by atoms with Gasteiger partial charge in [-0.05, 0) is 35.4 Å². The van der Waals surface area contributed by atoms with E-state index in [1.165, 1.54) is 12.6 Å². The molecule has 2 aromatic rings. The molecular weight excluding hydrogens is 406 g/mol. The molecule has 0 aliphatic rings. The van der Waals surface area contributed by atoms with E-state index in [4.69, 9.17) is 19.8 Å². The van der Waals surface area contributed by atoms with Crippen LogP contribution in [0.1, 0.15) is 10.4 Å². The zero-order valence-corrected chi connectivity index (χ0v) is 17.0. The molecule has 10 heteroatoms. The van der Waals surface area contributed by atoms with Crippen LogP contribution in [0.5, 0.6) is 5.75 Å². The molecule has 0 heterocycles. The molecule has 3 amide bonds. The molecule has 5 N–H and O–H groups in total. The Bertz CT molecular complexity index is 870. The lowest BCUT2D eigenvalue weighted by Gasteiger charge is -2.16. The van der Waals surface area contributed by atoms with Crippen LogP contribution in [0.15, 0.2) is 48.5 Å². The fourth-order valence-electron chi connectivity index (χ4n) is 2.63. The number of amides is 3. The maximum atomic E-state index is 12.5. The van der Waals surface area contributed by atoms with Crippen molar-refractivity contribution in [2.45, 2.75) is 6.04 Å². The number of hydroxylamine groups is 1. The SMILES string of the molecule is COCCNC(=O)C(NC(=O)c1ccc(-c2ccc(OCCO)cc2)cc1)C(=O)NO. The topological polar surface area (TPSA) is 146 Å². The van der Waals surface area contributed by atoms with Crippen molar-refractivity contribution in [3.63, 3.8) is 0 Å². The van der Waals surface area contributed by atoms with Gasteiger partial charge in [-0.2, -0.15) is 0 Å². The average Bonchev–Trinajstić information content (AvgIpc) is 2.81. The van der Waals surface area contributed by atoms with Gasteiger partial charge < -0.3 is 25.2 Å². The van der Waals surface area contributed by atoms with Crippen LogP contribution in [-0.4, -0.2) is 67.6 Å². The van der Waals surface area contributed by atoms with Crippen molar-refractivity contribution in [2.75, 3.05) is 33.5 Å². The molecule has 166 valence electrons. The van der Waals surface area contributed by atoms with Crippen molar-refractivity contribution in [3.05, 3.63) is 54.1 Å². The van der Waals surface area contributed by atoms with E-state index in [0.29, 0.717) is 5.75 Å². The van der Waals surface area contributed by atoms with E-state index >= 15 is 0 Å². The Balaban J connectivity index is 2.05. The zero-order chi connectivity index (χ0) is 22.6. The van der Waals surface area contributed by atoms with Crippen LogP contribution in [0.2, 0.25) is 0 Å². The maximum absolute atomic E-state index is 12.5. The Morgan fingerprint density at radius 3 is 2.10 bits per heavy atom. The Morgan fingerprint density at radius 1 is 0.935 bits per heavy atom. The van der Waals surface area contributed by atoms with E-state index in [1.54, 1.807) is 36.4 Å². The molecule has 0 aliphatic heterocycles. The van der Waals surface area contributed by atoms with Crippen LogP contribution >= 0.6 is 0 Å². The number of aliphatic hydroxyl groups is 1. The highest BCUT2D eigenvalue weighted by Crippen LogP contribution is 2.23. The van der Waals surface area contributed by atoms with Crippen molar-refractivity contribution >= 4 is 17.7 Å². The Kier molecular flexibility index (Phi) is 9.43. The summed E-state index contributed by atoms with van der Waals surface area (Å²) in [6.45, 7) is 0.506. The molecule has 0 bridgehead atoms. The number of hydrogen-bond donors (Lipinski definition) is 5. The summed E-state index contributed by atoms with van der Waals surface area (Å²) < 4.78 is 10.1. The van der Waals surface area contributed by atoms with Crippen molar-refractivity contribution in [1.29, 1.82) is 0 Å². The molecule has 0 fully saturated rings. The summed E-state index contributed by atoms with van der Waals surface area (Å²) in [5.74, 6) is -1.87. The summed E-state index contributed by atoms with van der Waals surface area (Å²) in [7, 11) is 1.45. The van der Waals surface area contributed by atoms with Gasteiger partial charge in [0, 0.05) is 19.2 Å². The summed E-state index contributed by atoms with van der Waals surface area (Å²) in [5.41, 5.74) is 3.33. The molecule has 0 saturated heterocycles. The number of nitrogens with one attached hydrogen (secondary N) is 3. The Hall–Kier alpha value is -3.47. The van der Waals surface area contributed by atoms with Gasteiger partial charge in [-0.1, -0.05) is 24.3 Å². The molecule has 10 nitrogen and oxygen atoms in total. The minimum absolute atomic E-state index is 0.0685. The minimum atomic E-state index is -1.61. The van der Waals surface area contributed by atoms with Crippen molar-refractivity contribution in [1.82, 2.24) is 16.1 Å².